The number of aryl methyl sites for hydroxylation is 1. The van der Waals surface area contributed by atoms with Crippen LogP contribution in [0.1, 0.15) is 70.6 Å². The van der Waals surface area contributed by atoms with Crippen molar-refractivity contribution in [1.82, 2.24) is 9.97 Å². The maximum atomic E-state index is 6.70. The highest BCUT2D eigenvalue weighted by Gasteiger charge is 2.25. The van der Waals surface area contributed by atoms with Gasteiger partial charge in [-0.25, -0.2) is 4.98 Å². The van der Waals surface area contributed by atoms with Gasteiger partial charge in [-0.15, -0.1) is 0 Å². The number of aromatic nitrogens is 2. The fraction of sp³-hybridized carbons (Fsp3) is 0.600. The standard InChI is InChI=1S/C25H37ClN4O/c1-5-8-9-17-30(23-14-13-19(31-4)18-21(23)26)25-27-22-12-10-11-20(22)24(28-25)29(15-6-2)16-7-3/h13-14,18H,5-12,15-17H2,1-4H3. The Morgan fingerprint density at radius 3 is 2.39 bits per heavy atom. The molecule has 1 heterocycles. The highest BCUT2D eigenvalue weighted by Crippen LogP contribution is 2.37. The third kappa shape index (κ3) is 5.62. The molecule has 1 aromatic carbocycles. The van der Waals surface area contributed by atoms with E-state index >= 15 is 0 Å². The van der Waals surface area contributed by atoms with Gasteiger partial charge in [-0.3, -0.25) is 0 Å². The van der Waals surface area contributed by atoms with Gasteiger partial charge in [0.05, 0.1) is 23.5 Å². The van der Waals surface area contributed by atoms with E-state index in [0.29, 0.717) is 5.02 Å². The number of rotatable bonds is 12. The van der Waals surface area contributed by atoms with Crippen LogP contribution >= 0.6 is 11.6 Å². The summed E-state index contributed by atoms with van der Waals surface area (Å²) in [4.78, 5) is 14.9. The Kier molecular flexibility index (Phi) is 8.82. The Labute approximate surface area is 192 Å². The van der Waals surface area contributed by atoms with Crippen molar-refractivity contribution in [3.8, 4) is 5.75 Å². The predicted molar refractivity (Wildman–Crippen MR) is 131 cm³/mol. The van der Waals surface area contributed by atoms with E-state index in [1.807, 2.05) is 18.2 Å². The van der Waals surface area contributed by atoms with Crippen LogP contribution in [0.3, 0.4) is 0 Å². The Morgan fingerprint density at radius 2 is 1.74 bits per heavy atom. The third-order valence-corrected chi connectivity index (χ3v) is 6.16. The summed E-state index contributed by atoms with van der Waals surface area (Å²) in [5.74, 6) is 2.66. The van der Waals surface area contributed by atoms with Crippen molar-refractivity contribution < 1.29 is 4.74 Å². The van der Waals surface area contributed by atoms with E-state index in [-0.39, 0.29) is 0 Å². The number of anilines is 3. The number of nitrogens with zero attached hydrogens (tertiary/aromatic N) is 4. The number of benzene rings is 1. The van der Waals surface area contributed by atoms with Crippen molar-refractivity contribution >= 4 is 29.1 Å². The molecule has 0 saturated carbocycles. The van der Waals surface area contributed by atoms with Crippen LogP contribution in [0.25, 0.3) is 0 Å². The first-order chi connectivity index (χ1) is 15.1. The van der Waals surface area contributed by atoms with Crippen LogP contribution in [0, 0.1) is 0 Å². The average molecular weight is 445 g/mol. The summed E-state index contributed by atoms with van der Waals surface area (Å²) < 4.78 is 5.36. The van der Waals surface area contributed by atoms with Gasteiger partial charge < -0.3 is 14.5 Å². The minimum atomic E-state index is 0.667. The molecule has 0 bridgehead atoms. The predicted octanol–water partition coefficient (Wildman–Crippen LogP) is 6.58. The minimum Gasteiger partial charge on any atom is -0.497 e. The molecule has 0 spiro atoms. The molecule has 0 N–H and O–H groups in total. The number of methoxy groups -OCH3 is 1. The highest BCUT2D eigenvalue weighted by atomic mass is 35.5. The van der Waals surface area contributed by atoms with Gasteiger partial charge in [-0.1, -0.05) is 45.2 Å². The van der Waals surface area contributed by atoms with Crippen LogP contribution in [0.4, 0.5) is 17.5 Å². The fourth-order valence-electron chi connectivity index (χ4n) is 4.33. The van der Waals surface area contributed by atoms with Crippen LogP contribution in [-0.4, -0.2) is 36.7 Å². The molecule has 6 heteroatoms. The normalized spacial score (nSPS) is 12.7. The van der Waals surface area contributed by atoms with Crippen molar-refractivity contribution in [2.24, 2.45) is 0 Å². The summed E-state index contributed by atoms with van der Waals surface area (Å²) in [6.07, 6.45) is 8.89. The molecule has 0 amide bonds. The Hall–Kier alpha value is -2.01. The zero-order valence-corrected chi connectivity index (χ0v) is 20.3. The number of unbranched alkanes of at least 4 members (excludes halogenated alkanes) is 2. The van der Waals surface area contributed by atoms with Crippen molar-refractivity contribution in [3.63, 3.8) is 0 Å². The molecule has 1 aromatic heterocycles. The monoisotopic (exact) mass is 444 g/mol. The molecule has 1 aliphatic rings. The maximum Gasteiger partial charge on any atom is 0.232 e. The van der Waals surface area contributed by atoms with Crippen molar-refractivity contribution in [3.05, 3.63) is 34.5 Å². The van der Waals surface area contributed by atoms with Gasteiger partial charge in [0.15, 0.2) is 0 Å². The second-order valence-corrected chi connectivity index (χ2v) is 8.70. The molecule has 2 aromatic rings. The lowest BCUT2D eigenvalue weighted by Crippen LogP contribution is -2.29. The second kappa shape index (κ2) is 11.6. The summed E-state index contributed by atoms with van der Waals surface area (Å²) in [5, 5.41) is 0.667. The van der Waals surface area contributed by atoms with Crippen LogP contribution in [-0.2, 0) is 12.8 Å². The molecule has 31 heavy (non-hydrogen) atoms. The first kappa shape index (κ1) is 23.6. The summed E-state index contributed by atoms with van der Waals surface area (Å²) in [6, 6.07) is 5.86. The molecule has 0 unspecified atom stereocenters. The van der Waals surface area contributed by atoms with E-state index in [4.69, 9.17) is 26.3 Å². The molecular formula is C25H37ClN4O. The van der Waals surface area contributed by atoms with E-state index in [1.165, 1.54) is 24.1 Å². The molecule has 0 radical (unpaired) electrons. The largest absolute Gasteiger partial charge is 0.497 e. The summed E-state index contributed by atoms with van der Waals surface area (Å²) in [6.45, 7) is 9.59. The first-order valence-electron chi connectivity index (χ1n) is 11.9. The number of ether oxygens (including phenoxy) is 1. The van der Waals surface area contributed by atoms with Crippen LogP contribution in [0.5, 0.6) is 5.75 Å². The van der Waals surface area contributed by atoms with Gasteiger partial charge >= 0.3 is 0 Å². The molecule has 3 rings (SSSR count). The van der Waals surface area contributed by atoms with E-state index in [9.17, 15) is 0 Å². The summed E-state index contributed by atoms with van der Waals surface area (Å²) in [5.41, 5.74) is 3.50. The van der Waals surface area contributed by atoms with Crippen molar-refractivity contribution in [1.29, 1.82) is 0 Å². The van der Waals surface area contributed by atoms with Gasteiger partial charge in [0.25, 0.3) is 0 Å². The second-order valence-electron chi connectivity index (χ2n) is 8.29. The van der Waals surface area contributed by atoms with Gasteiger partial charge in [-0.2, -0.15) is 4.98 Å². The summed E-state index contributed by atoms with van der Waals surface area (Å²) >= 11 is 6.70. The molecule has 0 fully saturated rings. The lowest BCUT2D eigenvalue weighted by molar-refractivity contribution is 0.415. The molecule has 0 aliphatic heterocycles. The van der Waals surface area contributed by atoms with Gasteiger partial charge in [0.1, 0.15) is 11.6 Å². The van der Waals surface area contributed by atoms with Gasteiger partial charge in [0, 0.05) is 31.3 Å². The number of hydrogen-bond donors (Lipinski definition) is 0. The lowest BCUT2D eigenvalue weighted by Gasteiger charge is -2.29. The van der Waals surface area contributed by atoms with Crippen LogP contribution in [0.2, 0.25) is 5.02 Å². The topological polar surface area (TPSA) is 41.5 Å². The molecule has 0 saturated heterocycles. The highest BCUT2D eigenvalue weighted by molar-refractivity contribution is 6.33. The molecule has 5 nitrogen and oxygen atoms in total. The lowest BCUT2D eigenvalue weighted by atomic mass is 10.2. The van der Waals surface area contributed by atoms with E-state index in [0.717, 1.165) is 81.4 Å². The van der Waals surface area contributed by atoms with E-state index in [1.54, 1.807) is 7.11 Å². The molecule has 170 valence electrons. The Morgan fingerprint density at radius 1 is 0.968 bits per heavy atom. The molecule has 1 aliphatic carbocycles. The molecule has 0 atom stereocenters. The number of halogens is 1. The minimum absolute atomic E-state index is 0.667. The maximum absolute atomic E-state index is 6.70. The number of hydrogen-bond acceptors (Lipinski definition) is 5. The third-order valence-electron chi connectivity index (χ3n) is 5.86. The Balaban J connectivity index is 2.07. The zero-order chi connectivity index (χ0) is 22.2. The summed E-state index contributed by atoms with van der Waals surface area (Å²) in [7, 11) is 1.66. The van der Waals surface area contributed by atoms with Gasteiger partial charge in [0.2, 0.25) is 5.95 Å². The van der Waals surface area contributed by atoms with E-state index in [2.05, 4.69) is 30.6 Å². The van der Waals surface area contributed by atoms with Crippen LogP contribution in [0.15, 0.2) is 18.2 Å². The Bertz CT molecular complexity index is 852. The number of fused-ring (bicyclic) bond motifs is 1. The zero-order valence-electron chi connectivity index (χ0n) is 19.6. The fourth-order valence-corrected chi connectivity index (χ4v) is 4.60. The van der Waals surface area contributed by atoms with Crippen molar-refractivity contribution in [2.45, 2.75) is 72.1 Å². The quantitative estimate of drug-likeness (QED) is 0.346. The molecular weight excluding hydrogens is 408 g/mol. The average Bonchev–Trinajstić information content (AvgIpc) is 3.25. The van der Waals surface area contributed by atoms with Gasteiger partial charge in [-0.05, 0) is 50.7 Å². The smallest absolute Gasteiger partial charge is 0.232 e. The SMILES string of the molecule is CCCCCN(c1nc2c(c(N(CCC)CCC)n1)CCC2)c1ccc(OC)cc1Cl. The van der Waals surface area contributed by atoms with Crippen molar-refractivity contribution in [2.75, 3.05) is 36.5 Å². The van der Waals surface area contributed by atoms with E-state index < -0.39 is 0 Å². The van der Waals surface area contributed by atoms with Crippen LogP contribution < -0.4 is 14.5 Å². The first-order valence-corrected chi connectivity index (χ1v) is 12.3.